The van der Waals surface area contributed by atoms with Crippen molar-refractivity contribution in [1.82, 2.24) is 14.8 Å². The number of hydrogen-bond donors (Lipinski definition) is 0. The number of halogens is 1. The van der Waals surface area contributed by atoms with E-state index >= 15 is 0 Å². The van der Waals surface area contributed by atoms with Crippen molar-refractivity contribution in [2.24, 2.45) is 0 Å². The Kier molecular flexibility index (Phi) is 3.64. The van der Waals surface area contributed by atoms with Crippen LogP contribution in [-0.2, 0) is 12.0 Å². The molecule has 0 aliphatic heterocycles. The Morgan fingerprint density at radius 1 is 1.48 bits per heavy atom. The van der Waals surface area contributed by atoms with E-state index in [1.165, 1.54) is 11.1 Å². The first-order chi connectivity index (χ1) is 10.2. The lowest BCUT2D eigenvalue weighted by molar-refractivity contribution is 0.363. The minimum atomic E-state index is -0.168. The van der Waals surface area contributed by atoms with Crippen LogP contribution in [0.3, 0.4) is 0 Å². The molecular formula is C16H15BrN4. The number of rotatable bonds is 3. The number of hydrogen-bond acceptors (Lipinski definition) is 3. The van der Waals surface area contributed by atoms with Crippen LogP contribution in [0.4, 0.5) is 0 Å². The molecule has 0 amide bonds. The second kappa shape index (κ2) is 5.45. The summed E-state index contributed by atoms with van der Waals surface area (Å²) in [4.78, 5) is 0. The topological polar surface area (TPSA) is 54.5 Å². The molecule has 0 saturated heterocycles. The van der Waals surface area contributed by atoms with E-state index in [0.717, 1.165) is 29.7 Å². The first-order valence-corrected chi connectivity index (χ1v) is 7.71. The van der Waals surface area contributed by atoms with E-state index in [1.807, 2.05) is 12.1 Å². The van der Waals surface area contributed by atoms with Gasteiger partial charge in [0.2, 0.25) is 0 Å². The standard InChI is InChI=1S/C16H15BrN4/c1-2-21-11-19-20-15(21)16(9-12(10-16)6-7-18)13-4-3-5-14(17)8-13/h3-6,8,11H,2,9-10H2,1H3. The Hall–Kier alpha value is -1.93. The fourth-order valence-corrected chi connectivity index (χ4v) is 3.45. The van der Waals surface area contributed by atoms with Crippen molar-refractivity contribution < 1.29 is 0 Å². The van der Waals surface area contributed by atoms with Crippen molar-refractivity contribution in [1.29, 1.82) is 5.26 Å². The highest BCUT2D eigenvalue weighted by Gasteiger charge is 2.47. The molecule has 0 bridgehead atoms. The van der Waals surface area contributed by atoms with Crippen molar-refractivity contribution in [3.63, 3.8) is 0 Å². The van der Waals surface area contributed by atoms with Crippen molar-refractivity contribution in [2.45, 2.75) is 31.7 Å². The van der Waals surface area contributed by atoms with Crippen molar-refractivity contribution >= 4 is 15.9 Å². The van der Waals surface area contributed by atoms with Crippen LogP contribution >= 0.6 is 15.9 Å². The zero-order chi connectivity index (χ0) is 14.9. The molecule has 3 rings (SSSR count). The van der Waals surface area contributed by atoms with E-state index in [4.69, 9.17) is 5.26 Å². The molecule has 2 aromatic rings. The normalized spacial score (nSPS) is 20.7. The van der Waals surface area contributed by atoms with Gasteiger partial charge in [-0.15, -0.1) is 10.2 Å². The SMILES string of the molecule is CCn1cnnc1C1(c2cccc(Br)c2)CC(=CC#N)C1. The Morgan fingerprint density at radius 2 is 2.29 bits per heavy atom. The molecule has 1 aromatic carbocycles. The summed E-state index contributed by atoms with van der Waals surface area (Å²) in [6.07, 6.45) is 5.09. The van der Waals surface area contributed by atoms with Gasteiger partial charge in [0.1, 0.15) is 12.2 Å². The van der Waals surface area contributed by atoms with Crippen LogP contribution in [0.25, 0.3) is 0 Å². The molecule has 21 heavy (non-hydrogen) atoms. The highest BCUT2D eigenvalue weighted by molar-refractivity contribution is 9.10. The fraction of sp³-hybridized carbons (Fsp3) is 0.312. The van der Waals surface area contributed by atoms with Gasteiger partial charge < -0.3 is 4.57 Å². The number of nitrogens with zero attached hydrogens (tertiary/aromatic N) is 4. The Bertz CT molecular complexity index is 731. The number of benzene rings is 1. The van der Waals surface area contributed by atoms with Crippen molar-refractivity contribution in [2.75, 3.05) is 0 Å². The predicted molar refractivity (Wildman–Crippen MR) is 83.5 cm³/mol. The lowest BCUT2D eigenvalue weighted by Crippen LogP contribution is -2.40. The molecule has 1 aliphatic carbocycles. The van der Waals surface area contributed by atoms with Crippen LogP contribution in [0.15, 0.2) is 46.7 Å². The first kappa shape index (κ1) is 14.0. The molecular weight excluding hydrogens is 328 g/mol. The molecule has 4 nitrogen and oxygen atoms in total. The lowest BCUT2D eigenvalue weighted by atomic mass is 9.61. The summed E-state index contributed by atoms with van der Waals surface area (Å²) in [6, 6.07) is 10.5. The van der Waals surface area contributed by atoms with E-state index in [0.29, 0.717) is 0 Å². The van der Waals surface area contributed by atoms with Gasteiger partial charge >= 0.3 is 0 Å². The third-order valence-electron chi connectivity index (χ3n) is 4.09. The third-order valence-corrected chi connectivity index (χ3v) is 4.58. The molecule has 1 aromatic heterocycles. The zero-order valence-corrected chi connectivity index (χ0v) is 13.3. The summed E-state index contributed by atoms with van der Waals surface area (Å²) in [6.45, 7) is 2.93. The fourth-order valence-electron chi connectivity index (χ4n) is 3.05. The van der Waals surface area contributed by atoms with E-state index in [-0.39, 0.29) is 5.41 Å². The number of aromatic nitrogens is 3. The van der Waals surface area contributed by atoms with Crippen LogP contribution < -0.4 is 0 Å². The average Bonchev–Trinajstić information content (AvgIpc) is 2.91. The number of nitriles is 1. The zero-order valence-electron chi connectivity index (χ0n) is 11.8. The maximum absolute atomic E-state index is 8.85. The Labute approximate surface area is 132 Å². The summed E-state index contributed by atoms with van der Waals surface area (Å²) < 4.78 is 3.14. The van der Waals surface area contributed by atoms with Gasteiger partial charge in [0.15, 0.2) is 0 Å². The molecule has 0 radical (unpaired) electrons. The first-order valence-electron chi connectivity index (χ1n) is 6.91. The summed E-state index contributed by atoms with van der Waals surface area (Å²) >= 11 is 3.54. The maximum Gasteiger partial charge on any atom is 0.144 e. The molecule has 5 heteroatoms. The molecule has 1 heterocycles. The van der Waals surface area contributed by atoms with Gasteiger partial charge in [0, 0.05) is 17.1 Å². The van der Waals surface area contributed by atoms with Gasteiger partial charge in [-0.1, -0.05) is 33.6 Å². The van der Waals surface area contributed by atoms with Gasteiger partial charge in [0.05, 0.1) is 11.5 Å². The number of aryl methyl sites for hydroxylation is 1. The Morgan fingerprint density at radius 3 is 2.95 bits per heavy atom. The molecule has 0 N–H and O–H groups in total. The molecule has 0 spiro atoms. The van der Waals surface area contributed by atoms with Crippen LogP contribution in [-0.4, -0.2) is 14.8 Å². The molecule has 1 fully saturated rings. The summed E-state index contributed by atoms with van der Waals surface area (Å²) in [7, 11) is 0. The van der Waals surface area contributed by atoms with Crippen molar-refractivity contribution in [3.8, 4) is 6.07 Å². The molecule has 1 saturated carbocycles. The average molecular weight is 343 g/mol. The lowest BCUT2D eigenvalue weighted by Gasteiger charge is -2.43. The van der Waals surface area contributed by atoms with Crippen LogP contribution in [0.1, 0.15) is 31.2 Å². The summed E-state index contributed by atoms with van der Waals surface area (Å²) in [5.41, 5.74) is 2.22. The monoisotopic (exact) mass is 342 g/mol. The van der Waals surface area contributed by atoms with E-state index in [1.54, 1.807) is 12.4 Å². The molecule has 0 unspecified atom stereocenters. The van der Waals surface area contributed by atoms with Crippen LogP contribution in [0, 0.1) is 11.3 Å². The van der Waals surface area contributed by atoms with Crippen LogP contribution in [0.2, 0.25) is 0 Å². The predicted octanol–water partition coefficient (Wildman–Crippen LogP) is 3.59. The second-order valence-corrected chi connectivity index (χ2v) is 6.23. The summed E-state index contributed by atoms with van der Waals surface area (Å²) in [5, 5.41) is 17.3. The van der Waals surface area contributed by atoms with Crippen LogP contribution in [0.5, 0.6) is 0 Å². The number of allylic oxidation sites excluding steroid dienone is 2. The second-order valence-electron chi connectivity index (χ2n) is 5.32. The highest BCUT2D eigenvalue weighted by atomic mass is 79.9. The van der Waals surface area contributed by atoms with Gasteiger partial charge in [-0.2, -0.15) is 5.26 Å². The quantitative estimate of drug-likeness (QED) is 0.801. The van der Waals surface area contributed by atoms with Gasteiger partial charge in [-0.3, -0.25) is 0 Å². The third kappa shape index (κ3) is 2.30. The van der Waals surface area contributed by atoms with Crippen molar-refractivity contribution in [3.05, 3.63) is 58.1 Å². The van der Waals surface area contributed by atoms with E-state index in [2.05, 4.69) is 55.8 Å². The highest BCUT2D eigenvalue weighted by Crippen LogP contribution is 2.51. The molecule has 0 atom stereocenters. The van der Waals surface area contributed by atoms with Gasteiger partial charge in [-0.05, 0) is 37.5 Å². The summed E-state index contributed by atoms with van der Waals surface area (Å²) in [5.74, 6) is 0.984. The largest absolute Gasteiger partial charge is 0.317 e. The maximum atomic E-state index is 8.85. The van der Waals surface area contributed by atoms with Gasteiger partial charge in [0.25, 0.3) is 0 Å². The van der Waals surface area contributed by atoms with Gasteiger partial charge in [-0.25, -0.2) is 0 Å². The minimum absolute atomic E-state index is 0.168. The molecule has 106 valence electrons. The minimum Gasteiger partial charge on any atom is -0.317 e. The van der Waals surface area contributed by atoms with E-state index in [9.17, 15) is 0 Å². The van der Waals surface area contributed by atoms with E-state index < -0.39 is 0 Å². The Balaban J connectivity index is 2.10. The smallest absolute Gasteiger partial charge is 0.144 e. The molecule has 1 aliphatic rings.